The lowest BCUT2D eigenvalue weighted by Crippen LogP contribution is -2.49. The first-order valence-electron chi connectivity index (χ1n) is 8.68. The van der Waals surface area contributed by atoms with E-state index in [2.05, 4.69) is 17.3 Å². The van der Waals surface area contributed by atoms with Gasteiger partial charge in [-0.3, -0.25) is 14.9 Å². The molecule has 2 fully saturated rings. The van der Waals surface area contributed by atoms with Gasteiger partial charge in [0.1, 0.15) is 5.54 Å². The Hall–Kier alpha value is -3.17. The van der Waals surface area contributed by atoms with Gasteiger partial charge in [-0.05, 0) is 37.7 Å². The van der Waals surface area contributed by atoms with Crippen LogP contribution < -0.4 is 14.8 Å². The molecule has 27 heavy (non-hydrogen) atoms. The minimum atomic E-state index is -0.915. The van der Waals surface area contributed by atoms with Crippen molar-refractivity contribution in [1.29, 1.82) is 0 Å². The first-order valence-corrected chi connectivity index (χ1v) is 8.68. The van der Waals surface area contributed by atoms with E-state index in [1.54, 1.807) is 0 Å². The molecule has 142 valence electrons. The summed E-state index contributed by atoms with van der Waals surface area (Å²) in [6.07, 6.45) is 3.94. The molecule has 1 saturated heterocycles. The third kappa shape index (κ3) is 2.86. The average Bonchev–Trinajstić information content (AvgIpc) is 3.18. The van der Waals surface area contributed by atoms with Crippen molar-refractivity contribution in [2.45, 2.75) is 38.1 Å². The number of ether oxygens (including phenoxy) is 2. The number of amides is 3. The molecule has 1 aromatic rings. The number of nitro benzene ring substituents is 1. The minimum Gasteiger partial charge on any atom is -0.454 e. The van der Waals surface area contributed by atoms with Crippen LogP contribution in [0.25, 0.3) is 0 Å². The Kier molecular flexibility index (Phi) is 3.97. The molecule has 3 aliphatic rings. The fourth-order valence-electron chi connectivity index (χ4n) is 3.63. The molecule has 1 aromatic carbocycles. The number of nitro groups is 1. The molecule has 3 amide bonds. The summed E-state index contributed by atoms with van der Waals surface area (Å²) >= 11 is 0. The number of rotatable bonds is 3. The Morgan fingerprint density at radius 2 is 1.96 bits per heavy atom. The van der Waals surface area contributed by atoms with Gasteiger partial charge in [0.15, 0.2) is 11.5 Å². The fourth-order valence-corrected chi connectivity index (χ4v) is 3.63. The van der Waals surface area contributed by atoms with Gasteiger partial charge in [-0.15, -0.1) is 5.01 Å². The number of hydrogen-bond acceptors (Lipinski definition) is 7. The third-order valence-corrected chi connectivity index (χ3v) is 5.30. The Balaban J connectivity index is 1.61. The van der Waals surface area contributed by atoms with Crippen molar-refractivity contribution in [3.8, 4) is 11.5 Å². The normalized spacial score (nSPS) is 26.9. The second-order valence-corrected chi connectivity index (χ2v) is 7.08. The van der Waals surface area contributed by atoms with Gasteiger partial charge in [0.25, 0.3) is 11.6 Å². The van der Waals surface area contributed by atoms with Gasteiger partial charge in [0, 0.05) is 0 Å². The summed E-state index contributed by atoms with van der Waals surface area (Å²) < 4.78 is 10.4. The molecular formula is C17H18N4O6. The van der Waals surface area contributed by atoms with Crippen molar-refractivity contribution in [2.24, 2.45) is 11.0 Å². The first kappa shape index (κ1) is 17.3. The molecule has 1 aliphatic carbocycles. The summed E-state index contributed by atoms with van der Waals surface area (Å²) in [7, 11) is 0. The number of carbonyl (C=O) groups excluding carboxylic acids is 2. The summed E-state index contributed by atoms with van der Waals surface area (Å²) in [5.41, 5.74) is -1.05. The summed E-state index contributed by atoms with van der Waals surface area (Å²) in [6.45, 7) is 2.09. The minimum absolute atomic E-state index is 0.0267. The largest absolute Gasteiger partial charge is 0.454 e. The van der Waals surface area contributed by atoms with Crippen molar-refractivity contribution >= 4 is 23.8 Å². The first-order chi connectivity index (χ1) is 12.9. The topological polar surface area (TPSA) is 123 Å². The molecule has 10 heteroatoms. The van der Waals surface area contributed by atoms with Gasteiger partial charge >= 0.3 is 6.03 Å². The summed E-state index contributed by atoms with van der Waals surface area (Å²) in [6, 6.07) is 2.02. The van der Waals surface area contributed by atoms with E-state index in [1.165, 1.54) is 12.1 Å². The smallest absolute Gasteiger partial charge is 0.346 e. The molecule has 4 rings (SSSR count). The summed E-state index contributed by atoms with van der Waals surface area (Å²) in [5, 5.41) is 18.7. The van der Waals surface area contributed by atoms with Crippen LogP contribution in [0.3, 0.4) is 0 Å². The molecule has 1 spiro atoms. The lowest BCUT2D eigenvalue weighted by atomic mass is 9.77. The predicted molar refractivity (Wildman–Crippen MR) is 92.6 cm³/mol. The highest BCUT2D eigenvalue weighted by Gasteiger charge is 2.52. The van der Waals surface area contributed by atoms with E-state index in [1.807, 2.05) is 0 Å². The number of imide groups is 1. The third-order valence-electron chi connectivity index (χ3n) is 5.30. The number of nitrogens with zero attached hydrogens (tertiary/aromatic N) is 3. The summed E-state index contributed by atoms with van der Waals surface area (Å²) in [4.78, 5) is 35.8. The van der Waals surface area contributed by atoms with E-state index in [0.29, 0.717) is 24.5 Å². The number of nitrogens with one attached hydrogen (secondary N) is 1. The standard InChI is InChI=1S/C17H18N4O6/c1-10-2-4-17(5-3-10)15(22)20(16(23)19-17)18-8-11-6-13-14(27-9-26-13)7-12(11)21(24)25/h6-8,10H,2-5,9H2,1H3,(H,19,23)/b18-8+. The van der Waals surface area contributed by atoms with Crippen molar-refractivity contribution in [1.82, 2.24) is 10.3 Å². The van der Waals surface area contributed by atoms with Gasteiger partial charge in [-0.2, -0.15) is 5.10 Å². The zero-order chi connectivity index (χ0) is 19.2. The van der Waals surface area contributed by atoms with Gasteiger partial charge in [0.05, 0.1) is 22.8 Å². The molecule has 0 bridgehead atoms. The molecule has 1 saturated carbocycles. The molecule has 0 radical (unpaired) electrons. The monoisotopic (exact) mass is 374 g/mol. The van der Waals surface area contributed by atoms with E-state index in [-0.39, 0.29) is 23.8 Å². The molecule has 2 heterocycles. The Morgan fingerprint density at radius 1 is 1.30 bits per heavy atom. The van der Waals surface area contributed by atoms with Gasteiger partial charge < -0.3 is 14.8 Å². The number of hydrogen-bond donors (Lipinski definition) is 1. The summed E-state index contributed by atoms with van der Waals surface area (Å²) in [5.74, 6) is 0.703. The van der Waals surface area contributed by atoms with Gasteiger partial charge in [-0.25, -0.2) is 4.79 Å². The molecule has 0 unspecified atom stereocenters. The Morgan fingerprint density at radius 3 is 2.63 bits per heavy atom. The van der Waals surface area contributed by atoms with Crippen molar-refractivity contribution < 1.29 is 24.0 Å². The fraction of sp³-hybridized carbons (Fsp3) is 0.471. The maximum atomic E-state index is 12.8. The van der Waals surface area contributed by atoms with E-state index in [9.17, 15) is 19.7 Å². The number of benzene rings is 1. The van der Waals surface area contributed by atoms with Crippen molar-refractivity contribution in [3.63, 3.8) is 0 Å². The van der Waals surface area contributed by atoms with Crippen LogP contribution in [0.2, 0.25) is 0 Å². The van der Waals surface area contributed by atoms with E-state index in [4.69, 9.17) is 9.47 Å². The highest BCUT2D eigenvalue weighted by atomic mass is 16.7. The van der Waals surface area contributed by atoms with Gasteiger partial charge in [-0.1, -0.05) is 6.92 Å². The van der Waals surface area contributed by atoms with Crippen LogP contribution in [-0.2, 0) is 4.79 Å². The zero-order valence-corrected chi connectivity index (χ0v) is 14.6. The molecule has 0 atom stereocenters. The number of fused-ring (bicyclic) bond motifs is 1. The molecule has 0 aromatic heterocycles. The van der Waals surface area contributed by atoms with Crippen LogP contribution in [0, 0.1) is 16.0 Å². The average molecular weight is 374 g/mol. The van der Waals surface area contributed by atoms with Crippen LogP contribution in [-0.4, -0.2) is 40.4 Å². The van der Waals surface area contributed by atoms with E-state index < -0.39 is 22.4 Å². The second kappa shape index (κ2) is 6.22. The number of hydrazone groups is 1. The SMILES string of the molecule is CC1CCC2(CC1)NC(=O)N(/N=C/c1cc3c(cc1[N+](=O)[O-])OCO3)C2=O. The van der Waals surface area contributed by atoms with Crippen LogP contribution in [0.5, 0.6) is 11.5 Å². The van der Waals surface area contributed by atoms with Gasteiger partial charge in [0.2, 0.25) is 6.79 Å². The molecule has 2 aliphatic heterocycles. The lowest BCUT2D eigenvalue weighted by molar-refractivity contribution is -0.385. The highest BCUT2D eigenvalue weighted by Crippen LogP contribution is 2.38. The highest BCUT2D eigenvalue weighted by molar-refractivity contribution is 6.07. The van der Waals surface area contributed by atoms with E-state index in [0.717, 1.165) is 24.1 Å². The Labute approximate surface area is 154 Å². The van der Waals surface area contributed by atoms with Crippen LogP contribution in [0.15, 0.2) is 17.2 Å². The predicted octanol–water partition coefficient (Wildman–Crippen LogP) is 2.16. The van der Waals surface area contributed by atoms with E-state index >= 15 is 0 Å². The molecule has 10 nitrogen and oxygen atoms in total. The van der Waals surface area contributed by atoms with Crippen molar-refractivity contribution in [2.75, 3.05) is 6.79 Å². The van der Waals surface area contributed by atoms with Crippen LogP contribution in [0.1, 0.15) is 38.2 Å². The van der Waals surface area contributed by atoms with Crippen molar-refractivity contribution in [3.05, 3.63) is 27.8 Å². The quantitative estimate of drug-likeness (QED) is 0.374. The number of urea groups is 1. The maximum absolute atomic E-state index is 12.8. The van der Waals surface area contributed by atoms with Crippen LogP contribution in [0.4, 0.5) is 10.5 Å². The Bertz CT molecular complexity index is 859. The molecular weight excluding hydrogens is 356 g/mol. The lowest BCUT2D eigenvalue weighted by Gasteiger charge is -2.33. The zero-order valence-electron chi connectivity index (χ0n) is 14.6. The maximum Gasteiger partial charge on any atom is 0.346 e. The second-order valence-electron chi connectivity index (χ2n) is 7.08. The van der Waals surface area contributed by atoms with Crippen LogP contribution >= 0.6 is 0 Å². The number of carbonyl (C=O) groups is 2. The molecule has 1 N–H and O–H groups in total.